The number of hydrogen-bond acceptors (Lipinski definition) is 4. The zero-order valence-corrected chi connectivity index (χ0v) is 30.2. The largest absolute Gasteiger partial charge is 0.455 e. The molecular formula is C51H32N4O. The summed E-state index contributed by atoms with van der Waals surface area (Å²) in [6.07, 6.45) is 0. The van der Waals surface area contributed by atoms with Crippen molar-refractivity contribution in [1.82, 2.24) is 19.5 Å². The summed E-state index contributed by atoms with van der Waals surface area (Å²) in [6, 6.07) is 67.4. The minimum Gasteiger partial charge on any atom is -0.455 e. The van der Waals surface area contributed by atoms with Gasteiger partial charge in [0.15, 0.2) is 17.5 Å². The number of aromatic nitrogens is 4. The number of furan rings is 1. The van der Waals surface area contributed by atoms with E-state index in [4.69, 9.17) is 19.4 Å². The number of para-hydroxylation sites is 3. The van der Waals surface area contributed by atoms with Crippen LogP contribution in [0.3, 0.4) is 0 Å². The fraction of sp³-hybridized carbons (Fsp3) is 0. The molecule has 0 bridgehead atoms. The third kappa shape index (κ3) is 5.37. The molecule has 0 saturated carbocycles. The summed E-state index contributed by atoms with van der Waals surface area (Å²) in [5.41, 5.74) is 12.3. The predicted octanol–water partition coefficient (Wildman–Crippen LogP) is 13.2. The number of benzene rings is 8. The van der Waals surface area contributed by atoms with Gasteiger partial charge in [0.1, 0.15) is 11.2 Å². The first-order chi connectivity index (χ1) is 27.7. The Kier molecular flexibility index (Phi) is 7.42. The van der Waals surface area contributed by atoms with Crippen LogP contribution in [0.4, 0.5) is 0 Å². The second-order valence-electron chi connectivity index (χ2n) is 14.0. The first-order valence-corrected chi connectivity index (χ1v) is 18.8. The molecule has 0 aliphatic carbocycles. The van der Waals surface area contributed by atoms with Crippen molar-refractivity contribution in [2.45, 2.75) is 0 Å². The molecule has 0 spiro atoms. The van der Waals surface area contributed by atoms with Crippen LogP contribution >= 0.6 is 0 Å². The van der Waals surface area contributed by atoms with Crippen LogP contribution < -0.4 is 0 Å². The van der Waals surface area contributed by atoms with Gasteiger partial charge in [-0.3, -0.25) is 0 Å². The monoisotopic (exact) mass is 716 g/mol. The van der Waals surface area contributed by atoms with Crippen LogP contribution in [0.15, 0.2) is 199 Å². The summed E-state index contributed by atoms with van der Waals surface area (Å²) in [5, 5.41) is 4.52. The van der Waals surface area contributed by atoms with Gasteiger partial charge in [-0.25, -0.2) is 15.0 Å². The minimum atomic E-state index is 0.619. The maximum absolute atomic E-state index is 6.44. The van der Waals surface area contributed by atoms with Crippen LogP contribution in [0.5, 0.6) is 0 Å². The topological polar surface area (TPSA) is 56.7 Å². The van der Waals surface area contributed by atoms with Crippen LogP contribution in [0.25, 0.3) is 106 Å². The van der Waals surface area contributed by atoms with E-state index in [1.807, 2.05) is 48.5 Å². The predicted molar refractivity (Wildman–Crippen MR) is 229 cm³/mol. The third-order valence-corrected chi connectivity index (χ3v) is 10.7. The van der Waals surface area contributed by atoms with Gasteiger partial charge in [-0.1, -0.05) is 140 Å². The second kappa shape index (κ2) is 13.0. The second-order valence-corrected chi connectivity index (χ2v) is 14.0. The van der Waals surface area contributed by atoms with Crippen molar-refractivity contribution in [2.24, 2.45) is 0 Å². The number of rotatable bonds is 6. The molecule has 11 aromatic rings. The lowest BCUT2D eigenvalue weighted by molar-refractivity contribution is 0.670. The molecule has 0 aliphatic heterocycles. The van der Waals surface area contributed by atoms with E-state index in [1.54, 1.807) is 0 Å². The third-order valence-electron chi connectivity index (χ3n) is 10.7. The molecule has 262 valence electrons. The first kappa shape index (κ1) is 31.9. The Morgan fingerprint density at radius 1 is 0.339 bits per heavy atom. The molecule has 0 atom stereocenters. The molecule has 0 unspecified atom stereocenters. The number of hydrogen-bond donors (Lipinski definition) is 0. The van der Waals surface area contributed by atoms with Crippen LogP contribution in [-0.4, -0.2) is 19.5 Å². The maximum Gasteiger partial charge on any atom is 0.164 e. The highest BCUT2D eigenvalue weighted by Crippen LogP contribution is 2.40. The molecule has 0 fully saturated rings. The normalized spacial score (nSPS) is 11.6. The molecule has 5 nitrogen and oxygen atoms in total. The van der Waals surface area contributed by atoms with E-state index in [2.05, 4.69) is 150 Å². The van der Waals surface area contributed by atoms with Gasteiger partial charge in [0.05, 0.1) is 11.0 Å². The zero-order valence-electron chi connectivity index (χ0n) is 30.2. The Hall–Kier alpha value is -7.63. The molecule has 8 aromatic carbocycles. The van der Waals surface area contributed by atoms with Gasteiger partial charge in [0, 0.05) is 49.5 Å². The average Bonchev–Trinajstić information content (AvgIpc) is 3.82. The van der Waals surface area contributed by atoms with Gasteiger partial charge < -0.3 is 8.98 Å². The molecule has 0 radical (unpaired) electrons. The molecule has 3 aromatic heterocycles. The van der Waals surface area contributed by atoms with Crippen LogP contribution in [-0.2, 0) is 0 Å². The van der Waals surface area contributed by atoms with Gasteiger partial charge in [-0.05, 0) is 71.3 Å². The van der Waals surface area contributed by atoms with E-state index in [9.17, 15) is 0 Å². The van der Waals surface area contributed by atoms with Gasteiger partial charge in [-0.2, -0.15) is 0 Å². The highest BCUT2D eigenvalue weighted by atomic mass is 16.3. The minimum absolute atomic E-state index is 0.619. The summed E-state index contributed by atoms with van der Waals surface area (Å²) >= 11 is 0. The molecule has 0 amide bonds. The standard InChI is InChI=1S/C51H32N4O/c1-4-14-34(15-5-1)42-31-38(32-44-41-21-11-13-23-47(41)56-48(42)44)33-24-26-36(27-25-33)50-52-49(35-16-6-2-7-17-35)53-51(54-50)37-28-29-46-43(30-37)40-20-10-12-22-45(40)55(46)39-18-8-3-9-19-39/h1-32H. The van der Waals surface area contributed by atoms with Crippen molar-refractivity contribution in [3.05, 3.63) is 194 Å². The van der Waals surface area contributed by atoms with E-state index in [0.717, 1.165) is 83.0 Å². The van der Waals surface area contributed by atoms with E-state index < -0.39 is 0 Å². The lowest BCUT2D eigenvalue weighted by Gasteiger charge is -2.11. The Labute approximate surface area is 322 Å². The van der Waals surface area contributed by atoms with Crippen LogP contribution in [0.2, 0.25) is 0 Å². The maximum atomic E-state index is 6.44. The summed E-state index contributed by atoms with van der Waals surface area (Å²) in [6.45, 7) is 0. The van der Waals surface area contributed by atoms with E-state index >= 15 is 0 Å². The Balaban J connectivity index is 1.04. The van der Waals surface area contributed by atoms with E-state index in [-0.39, 0.29) is 0 Å². The average molecular weight is 717 g/mol. The molecule has 5 heteroatoms. The van der Waals surface area contributed by atoms with Crippen molar-refractivity contribution in [1.29, 1.82) is 0 Å². The van der Waals surface area contributed by atoms with Gasteiger partial charge in [0.2, 0.25) is 0 Å². The summed E-state index contributed by atoms with van der Waals surface area (Å²) in [5.74, 6) is 1.88. The van der Waals surface area contributed by atoms with Crippen LogP contribution in [0.1, 0.15) is 0 Å². The van der Waals surface area contributed by atoms with E-state index in [1.165, 1.54) is 5.39 Å². The SMILES string of the molecule is c1ccc(-c2nc(-c3ccc(-c4cc(-c5ccccc5)c5oc6ccccc6c5c4)cc3)nc(-c3ccc4c(c3)c3ccccc3n4-c3ccccc3)n2)cc1. The van der Waals surface area contributed by atoms with Crippen molar-refractivity contribution in [3.8, 4) is 62.1 Å². The molecule has 3 heterocycles. The first-order valence-electron chi connectivity index (χ1n) is 18.8. The van der Waals surface area contributed by atoms with Gasteiger partial charge in [-0.15, -0.1) is 0 Å². The highest BCUT2D eigenvalue weighted by Gasteiger charge is 2.18. The smallest absolute Gasteiger partial charge is 0.164 e. The lowest BCUT2D eigenvalue weighted by Crippen LogP contribution is -2.00. The summed E-state index contributed by atoms with van der Waals surface area (Å²) in [4.78, 5) is 15.2. The molecule has 0 aliphatic rings. The van der Waals surface area contributed by atoms with Crippen molar-refractivity contribution < 1.29 is 4.42 Å². The number of fused-ring (bicyclic) bond motifs is 6. The quantitative estimate of drug-likeness (QED) is 0.172. The van der Waals surface area contributed by atoms with Crippen molar-refractivity contribution >= 4 is 43.7 Å². The van der Waals surface area contributed by atoms with Crippen molar-refractivity contribution in [3.63, 3.8) is 0 Å². The fourth-order valence-electron chi connectivity index (χ4n) is 7.96. The lowest BCUT2D eigenvalue weighted by atomic mass is 9.95. The molecular weight excluding hydrogens is 685 g/mol. The molecule has 0 N–H and O–H groups in total. The Morgan fingerprint density at radius 2 is 0.857 bits per heavy atom. The van der Waals surface area contributed by atoms with E-state index in [0.29, 0.717) is 17.5 Å². The molecule has 0 saturated heterocycles. The number of nitrogens with zero attached hydrogens (tertiary/aromatic N) is 4. The summed E-state index contributed by atoms with van der Waals surface area (Å²) in [7, 11) is 0. The van der Waals surface area contributed by atoms with Gasteiger partial charge >= 0.3 is 0 Å². The highest BCUT2D eigenvalue weighted by molar-refractivity contribution is 6.12. The zero-order chi connectivity index (χ0) is 37.0. The fourth-order valence-corrected chi connectivity index (χ4v) is 7.96. The van der Waals surface area contributed by atoms with Gasteiger partial charge in [0.25, 0.3) is 0 Å². The summed E-state index contributed by atoms with van der Waals surface area (Å²) < 4.78 is 8.76. The molecule has 11 rings (SSSR count). The van der Waals surface area contributed by atoms with Crippen molar-refractivity contribution in [2.75, 3.05) is 0 Å². The Bertz CT molecular complexity index is 3220. The molecule has 56 heavy (non-hydrogen) atoms. The Morgan fingerprint density at radius 3 is 1.59 bits per heavy atom. The van der Waals surface area contributed by atoms with Crippen LogP contribution in [0, 0.1) is 0 Å².